The largest absolute Gasteiger partial charge is 0.495 e. The molecule has 0 saturated heterocycles. The molecule has 2 aromatic carbocycles. The first kappa shape index (κ1) is 28.7. The highest BCUT2D eigenvalue weighted by molar-refractivity contribution is 7.92. The highest BCUT2D eigenvalue weighted by Gasteiger charge is 2.31. The predicted octanol–water partition coefficient (Wildman–Crippen LogP) is 4.02. The maximum Gasteiger partial charge on any atom is 0.244 e. The van der Waals surface area contributed by atoms with Crippen molar-refractivity contribution in [2.75, 3.05) is 30.8 Å². The predicted molar refractivity (Wildman–Crippen MR) is 140 cm³/mol. The zero-order chi connectivity index (χ0) is 26.3. The van der Waals surface area contributed by atoms with Gasteiger partial charge in [-0.25, -0.2) is 8.42 Å². The first-order valence-electron chi connectivity index (χ1n) is 11.0. The van der Waals surface area contributed by atoms with E-state index in [1.165, 1.54) is 12.0 Å². The summed E-state index contributed by atoms with van der Waals surface area (Å²) in [6, 6.07) is 9.09. The number of anilines is 1. The van der Waals surface area contributed by atoms with Crippen LogP contribution in [0.4, 0.5) is 5.69 Å². The third-order valence-corrected chi connectivity index (χ3v) is 7.20. The molecule has 0 heterocycles. The van der Waals surface area contributed by atoms with Crippen LogP contribution in [-0.2, 0) is 26.2 Å². The van der Waals surface area contributed by atoms with Gasteiger partial charge < -0.3 is 15.0 Å². The van der Waals surface area contributed by atoms with Crippen LogP contribution in [0.5, 0.6) is 5.75 Å². The molecule has 0 fully saturated rings. The number of methoxy groups -OCH3 is 1. The maximum absolute atomic E-state index is 13.6. The Hall–Kier alpha value is -2.49. The van der Waals surface area contributed by atoms with E-state index in [0.29, 0.717) is 27.9 Å². The van der Waals surface area contributed by atoms with E-state index in [9.17, 15) is 18.0 Å². The fraction of sp³-hybridized carbons (Fsp3) is 0.417. The van der Waals surface area contributed by atoms with E-state index in [1.807, 2.05) is 13.8 Å². The summed E-state index contributed by atoms with van der Waals surface area (Å²) in [5, 5.41) is 3.45. The number of carbonyl (C=O) groups excluding carboxylic acids is 2. The van der Waals surface area contributed by atoms with Gasteiger partial charge in [-0.05, 0) is 55.7 Å². The van der Waals surface area contributed by atoms with Crippen LogP contribution in [0.2, 0.25) is 10.0 Å². The second-order valence-electron chi connectivity index (χ2n) is 8.18. The van der Waals surface area contributed by atoms with E-state index in [4.69, 9.17) is 27.9 Å². The first-order valence-corrected chi connectivity index (χ1v) is 13.6. The van der Waals surface area contributed by atoms with Crippen molar-refractivity contribution in [3.05, 3.63) is 57.6 Å². The summed E-state index contributed by atoms with van der Waals surface area (Å²) in [7, 11) is -2.45. The van der Waals surface area contributed by atoms with Gasteiger partial charge >= 0.3 is 0 Å². The molecule has 2 rings (SSSR count). The quantitative estimate of drug-likeness (QED) is 0.461. The van der Waals surface area contributed by atoms with Gasteiger partial charge in [0.25, 0.3) is 0 Å². The Morgan fingerprint density at radius 2 is 1.80 bits per heavy atom. The lowest BCUT2D eigenvalue weighted by Gasteiger charge is -2.32. The standard InChI is InChI=1S/C24H31Cl2N3O5S/c1-6-11-27-24(31)17(3)28(14-18-8-9-19(25)20(26)13-18)23(30)15-29(35(5,32)33)21-12-16(2)7-10-22(21)34-4/h7-10,12-13,17H,6,11,14-15H2,1-5H3,(H,27,31). The third kappa shape index (κ3) is 7.75. The van der Waals surface area contributed by atoms with Crippen LogP contribution in [-0.4, -0.2) is 57.6 Å². The molecule has 0 radical (unpaired) electrons. The summed E-state index contributed by atoms with van der Waals surface area (Å²) in [5.74, 6) is -0.609. The lowest BCUT2D eigenvalue weighted by Crippen LogP contribution is -2.51. The molecule has 0 aromatic heterocycles. The summed E-state index contributed by atoms with van der Waals surface area (Å²) in [4.78, 5) is 27.7. The molecule has 1 atom stereocenters. The van der Waals surface area contributed by atoms with E-state index < -0.39 is 28.5 Å². The average Bonchev–Trinajstić information content (AvgIpc) is 2.80. The summed E-state index contributed by atoms with van der Waals surface area (Å²) in [6.45, 7) is 5.28. The van der Waals surface area contributed by atoms with Gasteiger partial charge in [0, 0.05) is 13.1 Å². The average molecular weight is 545 g/mol. The molecular formula is C24H31Cl2N3O5S. The van der Waals surface area contributed by atoms with Gasteiger partial charge in [0.05, 0.1) is 29.1 Å². The Morgan fingerprint density at radius 1 is 1.11 bits per heavy atom. The smallest absolute Gasteiger partial charge is 0.244 e. The van der Waals surface area contributed by atoms with E-state index in [2.05, 4.69) is 5.32 Å². The van der Waals surface area contributed by atoms with Crippen molar-refractivity contribution in [2.24, 2.45) is 0 Å². The monoisotopic (exact) mass is 543 g/mol. The molecular weight excluding hydrogens is 513 g/mol. The van der Waals surface area contributed by atoms with Gasteiger partial charge in [-0.15, -0.1) is 0 Å². The van der Waals surface area contributed by atoms with Gasteiger partial charge in [0.15, 0.2) is 0 Å². The normalized spacial score (nSPS) is 12.1. The number of nitrogens with zero attached hydrogens (tertiary/aromatic N) is 2. The van der Waals surface area contributed by atoms with E-state index in [-0.39, 0.29) is 18.1 Å². The lowest BCUT2D eigenvalue weighted by atomic mass is 10.1. The van der Waals surface area contributed by atoms with Crippen molar-refractivity contribution in [1.82, 2.24) is 10.2 Å². The number of benzene rings is 2. The number of ether oxygens (including phenoxy) is 1. The summed E-state index contributed by atoms with van der Waals surface area (Å²) in [6.07, 6.45) is 1.75. The van der Waals surface area contributed by atoms with Gasteiger partial charge in [-0.1, -0.05) is 42.3 Å². The number of sulfonamides is 1. The van der Waals surface area contributed by atoms with Crippen LogP contribution in [0.3, 0.4) is 0 Å². The Balaban J connectivity index is 2.46. The topological polar surface area (TPSA) is 96.0 Å². The Kier molecular flexibility index (Phi) is 10.2. The molecule has 1 unspecified atom stereocenters. The highest BCUT2D eigenvalue weighted by Crippen LogP contribution is 2.31. The number of carbonyl (C=O) groups is 2. The van der Waals surface area contributed by atoms with E-state index in [1.54, 1.807) is 43.3 Å². The summed E-state index contributed by atoms with van der Waals surface area (Å²) >= 11 is 12.2. The summed E-state index contributed by atoms with van der Waals surface area (Å²) < 4.78 is 31.8. The molecule has 2 amide bonds. The molecule has 0 bridgehead atoms. The molecule has 0 aliphatic carbocycles. The van der Waals surface area contributed by atoms with Crippen molar-refractivity contribution in [3.63, 3.8) is 0 Å². The number of hydrogen-bond acceptors (Lipinski definition) is 5. The molecule has 8 nitrogen and oxygen atoms in total. The SMILES string of the molecule is CCCNC(=O)C(C)N(Cc1ccc(Cl)c(Cl)c1)C(=O)CN(c1cc(C)ccc1OC)S(C)(=O)=O. The van der Waals surface area contributed by atoms with Crippen molar-refractivity contribution in [3.8, 4) is 5.75 Å². The molecule has 2 aromatic rings. The van der Waals surface area contributed by atoms with Gasteiger partial charge in [0.1, 0.15) is 18.3 Å². The van der Waals surface area contributed by atoms with Crippen molar-refractivity contribution >= 4 is 50.7 Å². The van der Waals surface area contributed by atoms with Crippen LogP contribution in [0, 0.1) is 6.92 Å². The lowest BCUT2D eigenvalue weighted by molar-refractivity contribution is -0.139. The van der Waals surface area contributed by atoms with Crippen LogP contribution in [0.1, 0.15) is 31.4 Å². The van der Waals surface area contributed by atoms with Crippen LogP contribution >= 0.6 is 23.2 Å². The van der Waals surface area contributed by atoms with Gasteiger partial charge in [-0.2, -0.15) is 0 Å². The minimum atomic E-state index is -3.87. The van der Waals surface area contributed by atoms with E-state index >= 15 is 0 Å². The molecule has 0 aliphatic rings. The third-order valence-electron chi connectivity index (χ3n) is 5.34. The number of aryl methyl sites for hydroxylation is 1. The fourth-order valence-corrected chi connectivity index (χ4v) is 4.57. The zero-order valence-electron chi connectivity index (χ0n) is 20.5. The first-order chi connectivity index (χ1) is 16.4. The fourth-order valence-electron chi connectivity index (χ4n) is 3.40. The van der Waals surface area contributed by atoms with Crippen molar-refractivity contribution in [1.29, 1.82) is 0 Å². The minimum Gasteiger partial charge on any atom is -0.495 e. The number of hydrogen-bond donors (Lipinski definition) is 1. The molecule has 0 saturated carbocycles. The van der Waals surface area contributed by atoms with Crippen LogP contribution in [0.25, 0.3) is 0 Å². The van der Waals surface area contributed by atoms with E-state index in [0.717, 1.165) is 22.5 Å². The Morgan fingerprint density at radius 3 is 2.37 bits per heavy atom. The molecule has 0 aliphatic heterocycles. The second kappa shape index (κ2) is 12.5. The number of nitrogens with one attached hydrogen (secondary N) is 1. The molecule has 192 valence electrons. The van der Waals surface area contributed by atoms with Gasteiger partial charge in [-0.3, -0.25) is 13.9 Å². The Labute approximate surface area is 217 Å². The van der Waals surface area contributed by atoms with Crippen LogP contribution in [0.15, 0.2) is 36.4 Å². The number of rotatable bonds is 11. The van der Waals surface area contributed by atoms with Crippen LogP contribution < -0.4 is 14.4 Å². The zero-order valence-corrected chi connectivity index (χ0v) is 22.8. The molecule has 1 N–H and O–H groups in total. The second-order valence-corrected chi connectivity index (χ2v) is 10.9. The molecule has 11 heteroatoms. The van der Waals surface area contributed by atoms with Crippen molar-refractivity contribution in [2.45, 2.75) is 39.8 Å². The molecule has 0 spiro atoms. The highest BCUT2D eigenvalue weighted by atomic mass is 35.5. The van der Waals surface area contributed by atoms with Gasteiger partial charge in [0.2, 0.25) is 21.8 Å². The minimum absolute atomic E-state index is 0.0268. The van der Waals surface area contributed by atoms with Crippen molar-refractivity contribution < 1.29 is 22.7 Å². The maximum atomic E-state index is 13.6. The summed E-state index contributed by atoms with van der Waals surface area (Å²) in [5.41, 5.74) is 1.67. The number of halogens is 2. The number of amides is 2. The molecule has 35 heavy (non-hydrogen) atoms. The Bertz CT molecular complexity index is 1170.